The van der Waals surface area contributed by atoms with Crippen LogP contribution in [0.4, 0.5) is 0 Å². The fraction of sp³-hybridized carbons (Fsp3) is 0.0714. The first kappa shape index (κ1) is 14.1. The molecule has 3 aromatic rings. The molecule has 1 aromatic heterocycles. The molecular weight excluding hydrogens is 310 g/mol. The molecule has 2 aromatic carbocycles. The molecule has 0 aliphatic heterocycles. The number of nitrogens with two attached hydrogens (primary N) is 1. The number of hydrogen-bond acceptors (Lipinski definition) is 3. The van der Waals surface area contributed by atoms with Gasteiger partial charge in [-0.25, -0.2) is 18.5 Å². The molecule has 0 amide bonds. The van der Waals surface area contributed by atoms with Crippen LogP contribution >= 0.6 is 11.6 Å². The Hall–Kier alpha value is -1.89. The number of fused-ring (bicyclic) bond motifs is 1. The molecule has 0 unspecified atom stereocenters. The molecule has 1 heterocycles. The Bertz CT molecular complexity index is 948. The molecule has 3 rings (SSSR count). The van der Waals surface area contributed by atoms with E-state index in [-0.39, 0.29) is 9.92 Å². The minimum atomic E-state index is -3.87. The van der Waals surface area contributed by atoms with Gasteiger partial charge in [0.05, 0.1) is 16.1 Å². The summed E-state index contributed by atoms with van der Waals surface area (Å²) in [5.74, 6) is 0.649. The molecule has 108 valence electrons. The van der Waals surface area contributed by atoms with Gasteiger partial charge < -0.3 is 4.98 Å². The van der Waals surface area contributed by atoms with Crippen LogP contribution in [0.2, 0.25) is 5.02 Å². The fourth-order valence-electron chi connectivity index (χ4n) is 2.16. The summed E-state index contributed by atoms with van der Waals surface area (Å²) in [6.45, 7) is 1.99. The summed E-state index contributed by atoms with van der Waals surface area (Å²) < 4.78 is 23.0. The van der Waals surface area contributed by atoms with E-state index in [4.69, 9.17) is 16.7 Å². The van der Waals surface area contributed by atoms with Crippen molar-refractivity contribution >= 4 is 32.7 Å². The third-order valence-electron chi connectivity index (χ3n) is 3.13. The second-order valence-electron chi connectivity index (χ2n) is 4.80. The monoisotopic (exact) mass is 321 g/mol. The highest BCUT2D eigenvalue weighted by molar-refractivity contribution is 7.89. The second kappa shape index (κ2) is 4.84. The molecular formula is C14H12ClN3O2S. The number of imidazole rings is 1. The van der Waals surface area contributed by atoms with E-state index in [1.165, 1.54) is 12.1 Å². The quantitative estimate of drug-likeness (QED) is 0.760. The molecule has 0 spiro atoms. The lowest BCUT2D eigenvalue weighted by Crippen LogP contribution is -2.12. The van der Waals surface area contributed by atoms with Gasteiger partial charge >= 0.3 is 0 Å². The van der Waals surface area contributed by atoms with Gasteiger partial charge in [0.15, 0.2) is 0 Å². The van der Waals surface area contributed by atoms with E-state index in [0.717, 1.165) is 11.1 Å². The van der Waals surface area contributed by atoms with Gasteiger partial charge in [0.2, 0.25) is 10.0 Å². The summed E-state index contributed by atoms with van der Waals surface area (Å²) in [5.41, 5.74) is 3.18. The number of aromatic amines is 1. The number of benzene rings is 2. The molecule has 0 aliphatic rings. The Morgan fingerprint density at radius 3 is 2.67 bits per heavy atom. The summed E-state index contributed by atoms with van der Waals surface area (Å²) in [7, 11) is -3.87. The Labute approximate surface area is 126 Å². The highest BCUT2D eigenvalue weighted by Crippen LogP contribution is 2.28. The Kier molecular flexibility index (Phi) is 3.24. The van der Waals surface area contributed by atoms with Crippen molar-refractivity contribution in [1.29, 1.82) is 0 Å². The first-order valence-corrected chi connectivity index (χ1v) is 8.06. The molecule has 0 aliphatic carbocycles. The van der Waals surface area contributed by atoms with Crippen molar-refractivity contribution < 1.29 is 8.42 Å². The standard InChI is InChI=1S/C14H12ClN3O2S/c1-8-3-2-4-9(5-8)14-17-11-6-10(15)13(21(16,19)20)7-12(11)18-14/h2-7H,1H3,(H,17,18)(H2,16,19,20). The van der Waals surface area contributed by atoms with Gasteiger partial charge in [-0.1, -0.05) is 35.4 Å². The van der Waals surface area contributed by atoms with Gasteiger partial charge in [-0.3, -0.25) is 0 Å². The number of aromatic nitrogens is 2. The third kappa shape index (κ3) is 2.65. The third-order valence-corrected chi connectivity index (χ3v) is 4.51. The van der Waals surface area contributed by atoms with E-state index in [1.54, 1.807) is 0 Å². The Morgan fingerprint density at radius 1 is 1.24 bits per heavy atom. The highest BCUT2D eigenvalue weighted by atomic mass is 35.5. The second-order valence-corrected chi connectivity index (χ2v) is 6.74. The average Bonchev–Trinajstić information content (AvgIpc) is 2.79. The summed E-state index contributed by atoms with van der Waals surface area (Å²) >= 11 is 5.96. The minimum absolute atomic E-state index is 0.0623. The van der Waals surface area contributed by atoms with Gasteiger partial charge in [-0.2, -0.15) is 0 Å². The smallest absolute Gasteiger partial charge is 0.239 e. The normalized spacial score (nSPS) is 12.0. The van der Waals surface area contributed by atoms with Crippen LogP contribution in [0.15, 0.2) is 41.3 Å². The Balaban J connectivity index is 2.21. The molecule has 5 nitrogen and oxygen atoms in total. The first-order valence-electron chi connectivity index (χ1n) is 6.14. The predicted molar refractivity (Wildman–Crippen MR) is 82.6 cm³/mol. The first-order chi connectivity index (χ1) is 9.84. The van der Waals surface area contributed by atoms with Crippen molar-refractivity contribution in [3.63, 3.8) is 0 Å². The molecule has 3 N–H and O–H groups in total. The molecule has 7 heteroatoms. The van der Waals surface area contributed by atoms with Gasteiger partial charge in [0.25, 0.3) is 0 Å². The summed E-state index contributed by atoms with van der Waals surface area (Å²) in [4.78, 5) is 7.41. The number of nitrogens with zero attached hydrogens (tertiary/aromatic N) is 1. The SMILES string of the molecule is Cc1cccc(-c2nc3cc(Cl)c(S(N)(=O)=O)cc3[nH]2)c1. The van der Waals surface area contributed by atoms with E-state index in [1.807, 2.05) is 31.2 Å². The van der Waals surface area contributed by atoms with Crippen LogP contribution < -0.4 is 5.14 Å². The lowest BCUT2D eigenvalue weighted by molar-refractivity contribution is 0.598. The van der Waals surface area contributed by atoms with Crippen molar-refractivity contribution in [2.45, 2.75) is 11.8 Å². The zero-order chi connectivity index (χ0) is 15.2. The molecule has 0 saturated heterocycles. The van der Waals surface area contributed by atoms with Gasteiger partial charge in [0, 0.05) is 5.56 Å². The maximum Gasteiger partial charge on any atom is 0.239 e. The zero-order valence-electron chi connectivity index (χ0n) is 11.1. The average molecular weight is 322 g/mol. The van der Waals surface area contributed by atoms with Crippen molar-refractivity contribution in [3.8, 4) is 11.4 Å². The van der Waals surface area contributed by atoms with Gasteiger partial charge in [-0.15, -0.1) is 0 Å². The summed E-state index contributed by atoms with van der Waals surface area (Å²) in [6, 6.07) is 10.7. The van der Waals surface area contributed by atoms with Crippen molar-refractivity contribution in [1.82, 2.24) is 9.97 Å². The fourth-order valence-corrected chi connectivity index (χ4v) is 3.25. The summed E-state index contributed by atoms with van der Waals surface area (Å²) in [5, 5.41) is 5.20. The maximum atomic E-state index is 11.5. The molecule has 21 heavy (non-hydrogen) atoms. The molecule has 0 fully saturated rings. The summed E-state index contributed by atoms with van der Waals surface area (Å²) in [6.07, 6.45) is 0. The maximum absolute atomic E-state index is 11.5. The van der Waals surface area contributed by atoms with Crippen LogP contribution in [0, 0.1) is 6.92 Å². The van der Waals surface area contributed by atoms with Gasteiger partial charge in [-0.05, 0) is 25.1 Å². The van der Waals surface area contributed by atoms with Crippen molar-refractivity contribution in [2.24, 2.45) is 5.14 Å². The molecule has 0 saturated carbocycles. The Morgan fingerprint density at radius 2 is 2.00 bits per heavy atom. The van der Waals surface area contributed by atoms with Crippen molar-refractivity contribution in [2.75, 3.05) is 0 Å². The van der Waals surface area contributed by atoms with Crippen molar-refractivity contribution in [3.05, 3.63) is 47.0 Å². The van der Waals surface area contributed by atoms with E-state index in [9.17, 15) is 8.42 Å². The lowest BCUT2D eigenvalue weighted by atomic mass is 10.1. The molecule has 0 radical (unpaired) electrons. The number of rotatable bonds is 2. The van der Waals surface area contributed by atoms with E-state index in [2.05, 4.69) is 9.97 Å². The molecule has 0 atom stereocenters. The number of primary sulfonamides is 1. The lowest BCUT2D eigenvalue weighted by Gasteiger charge is -2.00. The number of sulfonamides is 1. The van der Waals surface area contributed by atoms with Crippen LogP contribution in [0.25, 0.3) is 22.4 Å². The number of nitrogens with one attached hydrogen (secondary N) is 1. The van der Waals surface area contributed by atoms with Crippen LogP contribution in [0.5, 0.6) is 0 Å². The topological polar surface area (TPSA) is 88.8 Å². The number of aryl methyl sites for hydroxylation is 1. The van der Waals surface area contributed by atoms with Crippen LogP contribution in [0.1, 0.15) is 5.56 Å². The minimum Gasteiger partial charge on any atom is -0.338 e. The van der Waals surface area contributed by atoms with Gasteiger partial charge in [0.1, 0.15) is 10.7 Å². The van der Waals surface area contributed by atoms with Crippen LogP contribution in [-0.2, 0) is 10.0 Å². The largest absolute Gasteiger partial charge is 0.338 e. The van der Waals surface area contributed by atoms with Crippen LogP contribution in [-0.4, -0.2) is 18.4 Å². The zero-order valence-corrected chi connectivity index (χ0v) is 12.7. The predicted octanol–water partition coefficient (Wildman–Crippen LogP) is 2.84. The van der Waals surface area contributed by atoms with E-state index < -0.39 is 10.0 Å². The van der Waals surface area contributed by atoms with Crippen LogP contribution in [0.3, 0.4) is 0 Å². The van der Waals surface area contributed by atoms with E-state index in [0.29, 0.717) is 16.9 Å². The number of halogens is 1. The molecule has 0 bridgehead atoms. The highest BCUT2D eigenvalue weighted by Gasteiger charge is 2.16. The number of hydrogen-bond donors (Lipinski definition) is 2. The number of H-pyrrole nitrogens is 1. The van der Waals surface area contributed by atoms with E-state index >= 15 is 0 Å².